The summed E-state index contributed by atoms with van der Waals surface area (Å²) in [7, 11) is 1.45. The molecule has 0 spiro atoms. The molecule has 2 unspecified atom stereocenters. The number of carbonyl (C=O) groups is 1. The molecule has 3 heterocycles. The van der Waals surface area contributed by atoms with Gasteiger partial charge in [-0.2, -0.15) is 5.10 Å². The maximum Gasteiger partial charge on any atom is 0.222 e. The minimum Gasteiger partial charge on any atom is -0.394 e. The second-order valence-electron chi connectivity index (χ2n) is 6.41. The Morgan fingerprint density at radius 1 is 1.59 bits per heavy atom. The molecule has 0 aliphatic carbocycles. The standard InChI is InChI=1S/C16H22N6O5/c1-8(24)21-13-11-9(4-20-17)5-22(14(11)19-7-18-13)15-16(2,26-3)12(25)10(6-23)27-15/h4-5,7,10,12,15,23,25H,6,17H2,1-3H3,(H,18,19,21,24)/b20-4+/t10?,12?,15-,16-/m1/s1. The van der Waals surface area contributed by atoms with Crippen LogP contribution in [0.15, 0.2) is 17.6 Å². The number of hydrogen-bond donors (Lipinski definition) is 4. The van der Waals surface area contributed by atoms with Gasteiger partial charge in [0, 0.05) is 25.8 Å². The molecule has 27 heavy (non-hydrogen) atoms. The van der Waals surface area contributed by atoms with Crippen molar-refractivity contribution < 1.29 is 24.5 Å². The molecule has 1 amide bonds. The van der Waals surface area contributed by atoms with Gasteiger partial charge in [-0.15, -0.1) is 0 Å². The number of nitrogens with one attached hydrogen (secondary N) is 1. The molecule has 2 aromatic rings. The second-order valence-corrected chi connectivity index (χ2v) is 6.41. The molecule has 1 fully saturated rings. The fourth-order valence-corrected chi connectivity index (χ4v) is 3.33. The topological polar surface area (TPSA) is 157 Å². The third-order valence-corrected chi connectivity index (χ3v) is 4.75. The highest BCUT2D eigenvalue weighted by Gasteiger charge is 2.54. The normalized spacial score (nSPS) is 28.3. The van der Waals surface area contributed by atoms with E-state index in [1.807, 2.05) is 0 Å². The summed E-state index contributed by atoms with van der Waals surface area (Å²) in [6.07, 6.45) is 1.64. The van der Waals surface area contributed by atoms with Crippen LogP contribution >= 0.6 is 0 Å². The molecule has 1 aliphatic rings. The molecule has 0 saturated carbocycles. The van der Waals surface area contributed by atoms with Gasteiger partial charge in [0.1, 0.15) is 35.6 Å². The summed E-state index contributed by atoms with van der Waals surface area (Å²) in [6.45, 7) is 2.67. The highest BCUT2D eigenvalue weighted by atomic mass is 16.6. The monoisotopic (exact) mass is 378 g/mol. The molecule has 4 atom stereocenters. The van der Waals surface area contributed by atoms with Crippen molar-refractivity contribution in [3.63, 3.8) is 0 Å². The van der Waals surface area contributed by atoms with Gasteiger partial charge in [-0.3, -0.25) is 4.79 Å². The van der Waals surface area contributed by atoms with Crippen molar-refractivity contribution in [2.24, 2.45) is 10.9 Å². The molecule has 5 N–H and O–H groups in total. The Morgan fingerprint density at radius 2 is 2.33 bits per heavy atom. The number of anilines is 1. The lowest BCUT2D eigenvalue weighted by atomic mass is 9.96. The Kier molecular flexibility index (Phi) is 5.11. The lowest BCUT2D eigenvalue weighted by molar-refractivity contribution is -0.118. The summed E-state index contributed by atoms with van der Waals surface area (Å²) in [5.41, 5.74) is -0.196. The molecule has 1 aliphatic heterocycles. The number of nitrogens with two attached hydrogens (primary N) is 1. The van der Waals surface area contributed by atoms with Crippen LogP contribution in [0.3, 0.4) is 0 Å². The van der Waals surface area contributed by atoms with Crippen LogP contribution in [0.25, 0.3) is 11.0 Å². The number of aromatic nitrogens is 3. The minimum absolute atomic E-state index is 0.289. The first-order chi connectivity index (χ1) is 12.9. The predicted octanol–water partition coefficient (Wildman–Crippen LogP) is -0.662. The van der Waals surface area contributed by atoms with Gasteiger partial charge in [-0.05, 0) is 6.92 Å². The van der Waals surface area contributed by atoms with Crippen molar-refractivity contribution in [3.05, 3.63) is 18.1 Å². The molecule has 1 saturated heterocycles. The van der Waals surface area contributed by atoms with E-state index >= 15 is 0 Å². The number of nitrogens with zero attached hydrogens (tertiary/aromatic N) is 4. The molecular formula is C16H22N6O5. The number of aliphatic hydroxyl groups excluding tert-OH is 2. The molecular weight excluding hydrogens is 356 g/mol. The van der Waals surface area contributed by atoms with E-state index in [1.165, 1.54) is 26.6 Å². The molecule has 146 valence electrons. The number of aliphatic hydroxyl groups is 2. The maximum absolute atomic E-state index is 11.5. The number of hydrazone groups is 1. The van der Waals surface area contributed by atoms with Gasteiger partial charge in [0.2, 0.25) is 5.91 Å². The van der Waals surface area contributed by atoms with Crippen LogP contribution in [0.2, 0.25) is 0 Å². The summed E-state index contributed by atoms with van der Waals surface area (Å²) in [5.74, 6) is 5.30. The Hall–Kier alpha value is -2.60. The van der Waals surface area contributed by atoms with Gasteiger partial charge in [0.05, 0.1) is 18.2 Å². The van der Waals surface area contributed by atoms with Gasteiger partial charge < -0.3 is 35.4 Å². The summed E-state index contributed by atoms with van der Waals surface area (Å²) >= 11 is 0. The number of carbonyl (C=O) groups excluding carboxylic acids is 1. The van der Waals surface area contributed by atoms with Crippen LogP contribution in [0.5, 0.6) is 0 Å². The van der Waals surface area contributed by atoms with Gasteiger partial charge in [-0.25, -0.2) is 9.97 Å². The van der Waals surface area contributed by atoms with Crippen molar-refractivity contribution in [3.8, 4) is 0 Å². The van der Waals surface area contributed by atoms with E-state index in [2.05, 4.69) is 20.4 Å². The first-order valence-corrected chi connectivity index (χ1v) is 8.23. The van der Waals surface area contributed by atoms with Gasteiger partial charge >= 0.3 is 0 Å². The highest BCUT2D eigenvalue weighted by Crippen LogP contribution is 2.42. The Morgan fingerprint density at radius 3 is 2.93 bits per heavy atom. The second kappa shape index (κ2) is 7.19. The van der Waals surface area contributed by atoms with Crippen LogP contribution in [0.1, 0.15) is 25.6 Å². The number of amides is 1. The number of methoxy groups -OCH3 is 1. The van der Waals surface area contributed by atoms with Crippen molar-refractivity contribution >= 4 is 29.0 Å². The molecule has 11 heteroatoms. The zero-order valence-electron chi connectivity index (χ0n) is 15.2. The van der Waals surface area contributed by atoms with E-state index in [-0.39, 0.29) is 18.3 Å². The van der Waals surface area contributed by atoms with E-state index < -0.39 is 24.0 Å². The van der Waals surface area contributed by atoms with Crippen molar-refractivity contribution in [2.75, 3.05) is 19.0 Å². The zero-order valence-corrected chi connectivity index (χ0v) is 15.2. The van der Waals surface area contributed by atoms with Crippen molar-refractivity contribution in [2.45, 2.75) is 37.9 Å². The van der Waals surface area contributed by atoms with Gasteiger partial charge in [0.15, 0.2) is 6.23 Å². The van der Waals surface area contributed by atoms with Crippen LogP contribution in [0.4, 0.5) is 5.82 Å². The highest BCUT2D eigenvalue weighted by molar-refractivity contribution is 6.06. The van der Waals surface area contributed by atoms with E-state index in [0.717, 1.165) is 0 Å². The predicted molar refractivity (Wildman–Crippen MR) is 96.0 cm³/mol. The van der Waals surface area contributed by atoms with Crippen molar-refractivity contribution in [1.29, 1.82) is 0 Å². The first kappa shape index (κ1) is 19.2. The first-order valence-electron chi connectivity index (χ1n) is 8.23. The Bertz CT molecular complexity index is 884. The molecule has 11 nitrogen and oxygen atoms in total. The van der Waals surface area contributed by atoms with Crippen LogP contribution in [-0.2, 0) is 14.3 Å². The largest absolute Gasteiger partial charge is 0.394 e. The fraction of sp³-hybridized carbons (Fsp3) is 0.500. The minimum atomic E-state index is -1.16. The molecule has 3 rings (SSSR count). The van der Waals surface area contributed by atoms with Gasteiger partial charge in [0.25, 0.3) is 0 Å². The number of ether oxygens (including phenoxy) is 2. The van der Waals surface area contributed by atoms with Crippen LogP contribution in [0, 0.1) is 0 Å². The molecule has 2 aromatic heterocycles. The number of hydrogen-bond acceptors (Lipinski definition) is 9. The van der Waals surface area contributed by atoms with Gasteiger partial charge in [-0.1, -0.05) is 0 Å². The summed E-state index contributed by atoms with van der Waals surface area (Å²) in [4.78, 5) is 19.9. The fourth-order valence-electron chi connectivity index (χ4n) is 3.33. The third kappa shape index (κ3) is 3.04. The lowest BCUT2D eigenvalue weighted by Gasteiger charge is -2.31. The summed E-state index contributed by atoms with van der Waals surface area (Å²) < 4.78 is 13.0. The van der Waals surface area contributed by atoms with E-state index in [9.17, 15) is 15.0 Å². The lowest BCUT2D eigenvalue weighted by Crippen LogP contribution is -2.46. The smallest absolute Gasteiger partial charge is 0.222 e. The summed E-state index contributed by atoms with van der Waals surface area (Å²) in [5, 5.41) is 26.8. The quantitative estimate of drug-likeness (QED) is 0.303. The number of fused-ring (bicyclic) bond motifs is 1. The van der Waals surface area contributed by atoms with Crippen LogP contribution < -0.4 is 11.2 Å². The van der Waals surface area contributed by atoms with Crippen molar-refractivity contribution in [1.82, 2.24) is 14.5 Å². The zero-order chi connectivity index (χ0) is 19.8. The maximum atomic E-state index is 11.5. The SMILES string of the molecule is CO[C@]1(C)C(O)C(CO)O[C@H]1n1cc(/C=N/N)c2c(NC(C)=O)ncnc21. The Labute approximate surface area is 154 Å². The summed E-state index contributed by atoms with van der Waals surface area (Å²) in [6, 6.07) is 0. The third-order valence-electron chi connectivity index (χ3n) is 4.75. The average Bonchev–Trinajstić information content (AvgIpc) is 3.12. The molecule has 0 aromatic carbocycles. The van der Waals surface area contributed by atoms with E-state index in [0.29, 0.717) is 16.6 Å². The average molecular weight is 378 g/mol. The van der Waals surface area contributed by atoms with E-state index in [4.69, 9.17) is 15.3 Å². The molecule has 0 bridgehead atoms. The Balaban J connectivity index is 2.22. The van der Waals surface area contributed by atoms with Crippen LogP contribution in [-0.4, -0.2) is 68.4 Å². The molecule has 0 radical (unpaired) electrons. The number of rotatable bonds is 5. The van der Waals surface area contributed by atoms with E-state index in [1.54, 1.807) is 17.7 Å².